The van der Waals surface area contributed by atoms with Crippen LogP contribution >= 0.6 is 0 Å². The van der Waals surface area contributed by atoms with Crippen LogP contribution in [-0.4, -0.2) is 392 Å². The summed E-state index contributed by atoms with van der Waals surface area (Å²) in [6.07, 6.45) is 6.28. The zero-order chi connectivity index (χ0) is 108. The molecule has 0 heterocycles. The van der Waals surface area contributed by atoms with E-state index < -0.39 is 11.5 Å². The van der Waals surface area contributed by atoms with Gasteiger partial charge in [0.1, 0.15) is 0 Å². The molecule has 5 atom stereocenters. The molecule has 0 radical (unpaired) electrons. The van der Waals surface area contributed by atoms with E-state index in [1.54, 1.807) is 18.9 Å². The number of hydrogen-bond acceptors (Lipinski definition) is 16. The lowest BCUT2D eigenvalue weighted by molar-refractivity contribution is -0.869. The summed E-state index contributed by atoms with van der Waals surface area (Å²) in [7, 11) is 28.7. The molecule has 802 valence electrons. The molecule has 0 saturated heterocycles. The maximum atomic E-state index is 12.7. The van der Waals surface area contributed by atoms with Crippen molar-refractivity contribution in [3.63, 3.8) is 0 Å². The molecule has 0 aliphatic heterocycles. The number of nitrogens with one attached hydrogen (secondary N) is 1. The number of amides is 7. The Labute approximate surface area is 834 Å². The quantitative estimate of drug-likeness (QED) is 0.0588. The molecule has 1 rings (SSSR count). The lowest BCUT2D eigenvalue weighted by Crippen LogP contribution is -2.59. The Morgan fingerprint density at radius 3 is 0.948 bits per heavy atom. The number of aliphatic hydroxyl groups excluding tert-OH is 1. The average molecular weight is 1910 g/mol. The summed E-state index contributed by atoms with van der Waals surface area (Å²) in [6, 6.07) is 0.914. The van der Waals surface area contributed by atoms with Gasteiger partial charge >= 0.3 is 0 Å². The van der Waals surface area contributed by atoms with E-state index in [-0.39, 0.29) is 119 Å². The molecule has 0 aromatic carbocycles. The smallest absolute Gasteiger partial charge is 0.228 e. The van der Waals surface area contributed by atoms with E-state index in [0.717, 1.165) is 122 Å². The molecule has 0 spiro atoms. The minimum absolute atomic E-state index is 0.0127. The molecule has 7 amide bonds. The van der Waals surface area contributed by atoms with Crippen molar-refractivity contribution in [2.75, 3.05) is 203 Å². The third-order valence-corrected chi connectivity index (χ3v) is 26.3. The van der Waals surface area contributed by atoms with Gasteiger partial charge in [-0.25, -0.2) is 0 Å². The predicted octanol–water partition coefficient (Wildman–Crippen LogP) is 18.9. The Morgan fingerprint density at radius 1 is 0.351 bits per heavy atom. The first-order valence-corrected chi connectivity index (χ1v) is 51.5. The SMILES string of the molecule is CC(C)C(CN(C)C(C)(C)C)N(C)C(=O)C(C)(C)C.CC(O)[C@H](CN(C)C(C)(C)C)N(C)C(=O)C(C)(C)C.CCC(CC)(CN(C)C(C)(C)C)N(C)C(=O)C(C)(C)C.CCN(CCN(C)C(C)(C)C)C(=O)C(C)(C)C.CCNC1CCCCC1N(CC)C(=O)C(C)(C)C.CN(C)CCN(CCN(C)C(=O)C(C)(C)C)C(C)(C)C.CN(CCN(CC[N+](C)(C)C)C(C)(C)C)C(=O)C(C)(C)C. The Morgan fingerprint density at radius 2 is 0.672 bits per heavy atom. The highest BCUT2D eigenvalue weighted by molar-refractivity contribution is 5.84. The number of hydrogen-bond donors (Lipinski definition) is 2. The van der Waals surface area contributed by atoms with Gasteiger partial charge in [0, 0.05) is 216 Å². The first kappa shape index (κ1) is 141. The van der Waals surface area contributed by atoms with Crippen molar-refractivity contribution in [2.45, 2.75) is 433 Å². The molecule has 24 nitrogen and oxygen atoms in total. The van der Waals surface area contributed by atoms with Crippen LogP contribution in [-0.2, 0) is 33.6 Å². The van der Waals surface area contributed by atoms with Crippen LogP contribution in [0.1, 0.15) is 364 Å². The van der Waals surface area contributed by atoms with Gasteiger partial charge in [-0.15, -0.1) is 0 Å². The number of rotatable bonds is 33. The fraction of sp³-hybridized carbons (Fsp3) is 0.936. The summed E-state index contributed by atoms with van der Waals surface area (Å²) in [5, 5.41) is 13.6. The maximum absolute atomic E-state index is 12.7. The van der Waals surface area contributed by atoms with Gasteiger partial charge in [0.2, 0.25) is 41.4 Å². The second-order valence-corrected chi connectivity index (χ2v) is 53.8. The molecule has 2 N–H and O–H groups in total. The van der Waals surface area contributed by atoms with Gasteiger partial charge in [0.05, 0.1) is 45.4 Å². The van der Waals surface area contributed by atoms with Crippen molar-refractivity contribution >= 4 is 41.4 Å². The topological polar surface area (TPSA) is 197 Å². The molecule has 1 aliphatic rings. The van der Waals surface area contributed by atoms with Gasteiger partial charge < -0.3 is 54.1 Å². The van der Waals surface area contributed by atoms with E-state index in [1.807, 2.05) is 212 Å². The van der Waals surface area contributed by atoms with Gasteiger partial charge in [-0.3, -0.25) is 63.0 Å². The van der Waals surface area contributed by atoms with Crippen LogP contribution in [0.15, 0.2) is 0 Å². The van der Waals surface area contributed by atoms with E-state index in [1.165, 1.54) is 19.3 Å². The summed E-state index contributed by atoms with van der Waals surface area (Å²) in [6.45, 7) is 112. The third kappa shape index (κ3) is 56.5. The first-order valence-electron chi connectivity index (χ1n) is 51.5. The second kappa shape index (κ2) is 58.5. The van der Waals surface area contributed by atoms with Gasteiger partial charge in [0.15, 0.2) is 0 Å². The molecule has 4 unspecified atom stereocenters. The van der Waals surface area contributed by atoms with Crippen molar-refractivity contribution in [1.82, 2.24) is 73.9 Å². The molecule has 1 fully saturated rings. The van der Waals surface area contributed by atoms with Crippen LogP contribution in [0.3, 0.4) is 0 Å². The van der Waals surface area contributed by atoms with Crippen molar-refractivity contribution in [3.05, 3.63) is 0 Å². The molecule has 1 saturated carbocycles. The fourth-order valence-corrected chi connectivity index (χ4v) is 14.9. The monoisotopic (exact) mass is 1910 g/mol. The Bertz CT molecular complexity index is 3210. The van der Waals surface area contributed by atoms with Crippen LogP contribution in [0.5, 0.6) is 0 Å². The zero-order valence-electron chi connectivity index (χ0n) is 101. The number of quaternary nitrogens is 1. The van der Waals surface area contributed by atoms with Crippen molar-refractivity contribution in [1.29, 1.82) is 0 Å². The summed E-state index contributed by atoms with van der Waals surface area (Å²) in [4.78, 5) is 116. The van der Waals surface area contributed by atoms with Crippen LogP contribution in [0.4, 0.5) is 0 Å². The molecule has 1 aliphatic carbocycles. The zero-order valence-corrected chi connectivity index (χ0v) is 101. The highest BCUT2D eigenvalue weighted by Crippen LogP contribution is 2.33. The number of likely N-dealkylation sites (N-methyl/N-ethyl adjacent to an activating group) is 14. The summed E-state index contributed by atoms with van der Waals surface area (Å²) >= 11 is 0. The van der Waals surface area contributed by atoms with Crippen molar-refractivity contribution in [3.8, 4) is 0 Å². The molecule has 134 heavy (non-hydrogen) atoms. The Balaban J connectivity index is -0.000000357. The van der Waals surface area contributed by atoms with Gasteiger partial charge in [-0.1, -0.05) is 193 Å². The normalized spacial score (nSPS) is 15.6. The van der Waals surface area contributed by atoms with Gasteiger partial charge in [0.25, 0.3) is 0 Å². The van der Waals surface area contributed by atoms with Gasteiger partial charge in [-0.2, -0.15) is 0 Å². The minimum Gasteiger partial charge on any atom is -0.391 e. The summed E-state index contributed by atoms with van der Waals surface area (Å²) in [5.74, 6) is 1.89. The van der Waals surface area contributed by atoms with Crippen molar-refractivity contribution in [2.24, 2.45) is 43.8 Å². The minimum atomic E-state index is -0.555. The van der Waals surface area contributed by atoms with E-state index >= 15 is 0 Å². The van der Waals surface area contributed by atoms with Gasteiger partial charge in [-0.05, 0) is 226 Å². The highest BCUT2D eigenvalue weighted by atomic mass is 16.3. The van der Waals surface area contributed by atoms with E-state index in [4.69, 9.17) is 0 Å². The van der Waals surface area contributed by atoms with Crippen molar-refractivity contribution < 1.29 is 43.2 Å². The standard InChI is InChI=1S/C17H38N3O.C17H36N2O.C16H35N3O.C16H34N2O.C15H32N2O2.C15H30N2O.C14H30N2O/c1-16(2,3)15(21)18(7)11-12-19(17(4,5)6)13-14-20(8,9)10;1-11-17(12-2,13-18(9)16(6,7)8)19(10)14(20)15(3,4)5;1-15(2,3)14(20)18(9)11-13-19(16(4,5)6)12-10-17(7)8;1-12(2)13(11-17(9)16(6,7)8)18(10)14(19)15(3,4)5;1-11(18)12(10-16(8)15(5,6)7)17(9)13(19)14(2,3)4;1-6-16-12-10-8-9-11-13(12)17(7-2)14(18)15(3,4)5;1-9-16(12(17)13(2,3)4)11-10-15(8)14(5,6)7/h11-14H2,1-10H3;11-13H2,1-10H3;10-13H2,1-9H3;12-13H,11H2,1-10H3;11-12,18H,10H2,1-9H3;12-13,16H,6-11H2,1-5H3;9-11H2,1-8H3/q+1;;;;;;/t;;;;11?,12-;;/m....0../s1. The second-order valence-electron chi connectivity index (χ2n) is 53.8. The molecule has 0 bridgehead atoms. The highest BCUT2D eigenvalue weighted by Gasteiger charge is 2.43. The number of carbonyl (C=O) groups excluding carboxylic acids is 7. The number of nitrogens with zero attached hydrogens (tertiary/aromatic N) is 15. The third-order valence-electron chi connectivity index (χ3n) is 26.3. The first-order chi connectivity index (χ1) is 59.3. The lowest BCUT2D eigenvalue weighted by atomic mass is 9.85. The van der Waals surface area contributed by atoms with Crippen LogP contribution in [0, 0.1) is 43.8 Å². The summed E-state index contributed by atoms with van der Waals surface area (Å²) < 4.78 is 0.962. The average Bonchev–Trinajstić information content (AvgIpc) is 0.793. The predicted molar refractivity (Wildman–Crippen MR) is 580 cm³/mol. The van der Waals surface area contributed by atoms with E-state index in [2.05, 4.69) is 267 Å². The molecular formula is C110H235N16O8+. The fourth-order valence-electron chi connectivity index (χ4n) is 14.9. The van der Waals surface area contributed by atoms with Crippen LogP contribution in [0.25, 0.3) is 0 Å². The van der Waals surface area contributed by atoms with Crippen LogP contribution in [0.2, 0.25) is 0 Å². The molecule has 0 aromatic heterocycles. The number of carbonyl (C=O) groups is 7. The molecule has 24 heteroatoms. The Kier molecular flexibility index (Phi) is 61.3. The molecular weight excluding hydrogens is 1670 g/mol. The van der Waals surface area contributed by atoms with E-state index in [9.17, 15) is 38.7 Å². The maximum Gasteiger partial charge on any atom is 0.228 e. The van der Waals surface area contributed by atoms with Crippen LogP contribution < -0.4 is 5.32 Å². The summed E-state index contributed by atoms with van der Waals surface area (Å²) in [5.41, 5.74) is -1.66. The molecule has 0 aromatic rings. The lowest BCUT2D eigenvalue weighted by Gasteiger charge is -2.48. The van der Waals surface area contributed by atoms with E-state index in [0.29, 0.717) is 30.5 Å². The number of aliphatic hydroxyl groups is 1. The largest absolute Gasteiger partial charge is 0.391 e. The Hall–Kier alpha value is -4.11.